The zero-order chi connectivity index (χ0) is 8.84. The molecule has 13 heavy (non-hydrogen) atoms. The van der Waals surface area contributed by atoms with E-state index in [9.17, 15) is 0 Å². The lowest BCUT2D eigenvalue weighted by atomic mass is 10.4. The summed E-state index contributed by atoms with van der Waals surface area (Å²) in [6.45, 7) is 0. The summed E-state index contributed by atoms with van der Waals surface area (Å²) >= 11 is 1.70. The molecule has 0 spiro atoms. The predicted octanol–water partition coefficient (Wildman–Crippen LogP) is 2.65. The minimum absolute atomic E-state index is 1.04. The Morgan fingerprint density at radius 3 is 3.00 bits per heavy atom. The molecule has 0 radical (unpaired) electrons. The maximum Gasteiger partial charge on any atom is 0.139 e. The first kappa shape index (κ1) is 7.21. The van der Waals surface area contributed by atoms with Crippen molar-refractivity contribution in [2.75, 3.05) is 6.26 Å². The predicted molar refractivity (Wildman–Crippen MR) is 55.7 cm³/mol. The van der Waals surface area contributed by atoms with E-state index in [0.29, 0.717) is 0 Å². The average Bonchev–Trinajstić information content (AvgIpc) is 2.73. The fourth-order valence-corrected chi connectivity index (χ4v) is 2.26. The highest BCUT2D eigenvalue weighted by Gasteiger charge is 2.08. The van der Waals surface area contributed by atoms with Gasteiger partial charge in [-0.1, -0.05) is 6.07 Å². The minimum atomic E-state index is 1.04. The van der Waals surface area contributed by atoms with Gasteiger partial charge in [0.1, 0.15) is 10.7 Å². The van der Waals surface area contributed by atoms with Crippen molar-refractivity contribution in [2.24, 2.45) is 0 Å². The molecule has 3 heteroatoms. The normalized spacial score (nSPS) is 11.8. The Morgan fingerprint density at radius 2 is 2.15 bits per heavy atom. The van der Waals surface area contributed by atoms with Crippen LogP contribution in [-0.2, 0) is 0 Å². The van der Waals surface area contributed by atoms with Crippen LogP contribution in [0, 0.1) is 0 Å². The monoisotopic (exact) mass is 188 g/mol. The fourth-order valence-electron chi connectivity index (χ4n) is 1.71. The molecule has 0 fully saturated rings. The molecule has 0 bridgehead atoms. The van der Waals surface area contributed by atoms with Crippen LogP contribution in [0.5, 0.6) is 0 Å². The van der Waals surface area contributed by atoms with Crippen molar-refractivity contribution < 1.29 is 0 Å². The van der Waals surface area contributed by atoms with Gasteiger partial charge in [0.15, 0.2) is 0 Å². The largest absolute Gasteiger partial charge is 0.292 e. The van der Waals surface area contributed by atoms with Crippen LogP contribution in [0.25, 0.3) is 16.7 Å². The van der Waals surface area contributed by atoms with Crippen molar-refractivity contribution >= 4 is 28.4 Å². The van der Waals surface area contributed by atoms with Gasteiger partial charge in [0.05, 0.1) is 5.52 Å². The van der Waals surface area contributed by atoms with Gasteiger partial charge in [-0.05, 0) is 30.5 Å². The third kappa shape index (κ3) is 0.823. The Hall–Kier alpha value is -1.22. The summed E-state index contributed by atoms with van der Waals surface area (Å²) in [5, 5.41) is 1.11. The summed E-state index contributed by atoms with van der Waals surface area (Å²) < 4.78 is 2.19. The molecule has 0 N–H and O–H groups in total. The van der Waals surface area contributed by atoms with E-state index in [0.717, 1.165) is 10.7 Å². The van der Waals surface area contributed by atoms with Crippen molar-refractivity contribution in [1.82, 2.24) is 9.38 Å². The molecule has 0 atom stereocenters. The van der Waals surface area contributed by atoms with Gasteiger partial charge in [-0.3, -0.25) is 4.40 Å². The molecule has 3 aromatic rings. The molecule has 0 unspecified atom stereocenters. The van der Waals surface area contributed by atoms with E-state index in [1.807, 2.05) is 12.1 Å². The highest BCUT2D eigenvalue weighted by Crippen LogP contribution is 2.26. The molecular formula is C10H8N2S. The van der Waals surface area contributed by atoms with Crippen LogP contribution in [0.1, 0.15) is 0 Å². The van der Waals surface area contributed by atoms with Crippen molar-refractivity contribution in [3.8, 4) is 0 Å². The number of hydrogen-bond acceptors (Lipinski definition) is 2. The maximum absolute atomic E-state index is 4.52. The summed E-state index contributed by atoms with van der Waals surface area (Å²) in [4.78, 5) is 4.52. The number of thioether (sulfide) groups is 1. The lowest BCUT2D eigenvalue weighted by Gasteiger charge is -1.91. The van der Waals surface area contributed by atoms with Crippen LogP contribution < -0.4 is 0 Å². The van der Waals surface area contributed by atoms with Gasteiger partial charge in [0, 0.05) is 5.52 Å². The van der Waals surface area contributed by atoms with Gasteiger partial charge >= 0.3 is 0 Å². The number of pyridine rings is 1. The molecule has 0 aliphatic rings. The van der Waals surface area contributed by atoms with E-state index < -0.39 is 0 Å². The second kappa shape index (κ2) is 2.39. The quantitative estimate of drug-likeness (QED) is 0.546. The average molecular weight is 188 g/mol. The Labute approximate surface area is 79.9 Å². The van der Waals surface area contributed by atoms with E-state index >= 15 is 0 Å². The van der Waals surface area contributed by atoms with Crippen LogP contribution in [0.2, 0.25) is 0 Å². The summed E-state index contributed by atoms with van der Waals surface area (Å²) in [5.41, 5.74) is 3.49. The van der Waals surface area contributed by atoms with Gasteiger partial charge in [-0.25, -0.2) is 4.98 Å². The summed E-state index contributed by atoms with van der Waals surface area (Å²) in [6.07, 6.45) is 2.06. The third-order valence-corrected chi connectivity index (χ3v) is 2.97. The van der Waals surface area contributed by atoms with Gasteiger partial charge in [-0.15, -0.1) is 11.8 Å². The molecule has 64 valence electrons. The lowest BCUT2D eigenvalue weighted by Crippen LogP contribution is -1.79. The molecule has 0 amide bonds. The molecule has 0 aliphatic carbocycles. The van der Waals surface area contributed by atoms with Crippen molar-refractivity contribution in [3.05, 3.63) is 30.3 Å². The smallest absolute Gasteiger partial charge is 0.139 e. The molecule has 3 rings (SSSR count). The lowest BCUT2D eigenvalue weighted by molar-refractivity contribution is 1.25. The van der Waals surface area contributed by atoms with Gasteiger partial charge in [0.25, 0.3) is 0 Å². The summed E-state index contributed by atoms with van der Waals surface area (Å²) in [5.74, 6) is 0. The van der Waals surface area contributed by atoms with Gasteiger partial charge in [0.2, 0.25) is 0 Å². The second-order valence-corrected chi connectivity index (χ2v) is 3.78. The van der Waals surface area contributed by atoms with Crippen LogP contribution in [0.3, 0.4) is 0 Å². The molecule has 2 nitrogen and oxygen atoms in total. The number of nitrogens with zero attached hydrogens (tertiary/aromatic N) is 2. The van der Waals surface area contributed by atoms with Crippen molar-refractivity contribution in [3.63, 3.8) is 0 Å². The number of imidazole rings is 1. The Bertz CT molecular complexity index is 556. The minimum Gasteiger partial charge on any atom is -0.292 e. The van der Waals surface area contributed by atoms with Gasteiger partial charge < -0.3 is 0 Å². The highest BCUT2D eigenvalue weighted by molar-refractivity contribution is 7.98. The molecule has 0 aromatic carbocycles. The molecule has 3 aromatic heterocycles. The van der Waals surface area contributed by atoms with E-state index in [1.54, 1.807) is 11.8 Å². The Kier molecular flexibility index (Phi) is 1.32. The van der Waals surface area contributed by atoms with Crippen molar-refractivity contribution in [2.45, 2.75) is 5.03 Å². The van der Waals surface area contributed by atoms with E-state index in [-0.39, 0.29) is 0 Å². The van der Waals surface area contributed by atoms with Crippen molar-refractivity contribution in [1.29, 1.82) is 0 Å². The molecule has 0 saturated carbocycles. The van der Waals surface area contributed by atoms with E-state index in [2.05, 4.69) is 33.8 Å². The Morgan fingerprint density at radius 1 is 1.23 bits per heavy atom. The van der Waals surface area contributed by atoms with Crippen LogP contribution >= 0.6 is 11.8 Å². The van der Waals surface area contributed by atoms with E-state index in [4.69, 9.17) is 0 Å². The molecule has 0 saturated heterocycles. The first-order valence-electron chi connectivity index (χ1n) is 4.14. The number of aromatic nitrogens is 2. The molecular weight excluding hydrogens is 180 g/mol. The zero-order valence-corrected chi connectivity index (χ0v) is 8.01. The highest BCUT2D eigenvalue weighted by atomic mass is 32.2. The second-order valence-electron chi connectivity index (χ2n) is 2.98. The van der Waals surface area contributed by atoms with E-state index in [1.165, 1.54) is 11.0 Å². The topological polar surface area (TPSA) is 17.3 Å². The maximum atomic E-state index is 4.52. The summed E-state index contributed by atoms with van der Waals surface area (Å²) in [6, 6.07) is 10.4. The number of hydrogen-bond donors (Lipinski definition) is 0. The first-order chi connectivity index (χ1) is 6.40. The van der Waals surface area contributed by atoms with Crippen LogP contribution in [0.4, 0.5) is 0 Å². The Balaban J connectivity index is 2.61. The van der Waals surface area contributed by atoms with Gasteiger partial charge in [-0.2, -0.15) is 0 Å². The SMILES string of the molecule is CSc1nc2cccc3ccc1n32. The van der Waals surface area contributed by atoms with Crippen LogP contribution in [-0.4, -0.2) is 15.6 Å². The summed E-state index contributed by atoms with van der Waals surface area (Å²) in [7, 11) is 0. The zero-order valence-electron chi connectivity index (χ0n) is 7.19. The molecule has 0 aliphatic heterocycles. The third-order valence-electron chi connectivity index (χ3n) is 2.28. The first-order valence-corrected chi connectivity index (χ1v) is 5.36. The standard InChI is InChI=1S/C10H8N2S/c1-13-10-8-6-5-7-3-2-4-9(11-10)12(7)8/h2-6H,1H3. The van der Waals surface area contributed by atoms with Crippen LogP contribution in [0.15, 0.2) is 35.4 Å². The fraction of sp³-hybridized carbons (Fsp3) is 0.100. The molecule has 3 heterocycles. The number of rotatable bonds is 1.